The monoisotopic (exact) mass is 250 g/mol. The van der Waals surface area contributed by atoms with Crippen LogP contribution >= 0.6 is 27.3 Å². The van der Waals surface area contributed by atoms with E-state index >= 15 is 0 Å². The van der Waals surface area contributed by atoms with Gasteiger partial charge in [-0.3, -0.25) is 0 Å². The van der Waals surface area contributed by atoms with E-state index in [0.29, 0.717) is 13.0 Å². The second kappa shape index (κ2) is 4.97. The van der Waals surface area contributed by atoms with Gasteiger partial charge in [0.2, 0.25) is 0 Å². The van der Waals surface area contributed by atoms with Gasteiger partial charge in [0.1, 0.15) is 0 Å². The smallest absolute Gasteiger partial charge is 0.0915 e. The molecule has 1 aromatic heterocycles. The summed E-state index contributed by atoms with van der Waals surface area (Å²) in [7, 11) is 1.64. The van der Waals surface area contributed by atoms with Crippen LogP contribution in [0.2, 0.25) is 0 Å². The number of thiophene rings is 1. The van der Waals surface area contributed by atoms with Gasteiger partial charge in [-0.2, -0.15) is 0 Å². The summed E-state index contributed by atoms with van der Waals surface area (Å²) in [5, 5.41) is 11.6. The van der Waals surface area contributed by atoms with Crippen LogP contribution in [0.1, 0.15) is 17.4 Å². The largest absolute Gasteiger partial charge is 0.387 e. The normalized spacial score (nSPS) is 13.2. The van der Waals surface area contributed by atoms with Gasteiger partial charge in [-0.05, 0) is 27.4 Å². The number of ether oxygens (including phenoxy) is 1. The highest BCUT2D eigenvalue weighted by molar-refractivity contribution is 9.10. The van der Waals surface area contributed by atoms with Crippen molar-refractivity contribution in [3.05, 3.63) is 20.8 Å². The summed E-state index contributed by atoms with van der Waals surface area (Å²) in [4.78, 5) is 0.979. The third-order valence-electron chi connectivity index (χ3n) is 1.54. The minimum atomic E-state index is -0.403. The molecule has 0 radical (unpaired) electrons. The van der Waals surface area contributed by atoms with E-state index in [0.717, 1.165) is 9.35 Å². The minimum absolute atomic E-state index is 0.403. The molecule has 0 aliphatic carbocycles. The second-order valence-electron chi connectivity index (χ2n) is 2.43. The average Bonchev–Trinajstić information content (AvgIpc) is 2.47. The molecule has 0 aliphatic heterocycles. The fourth-order valence-electron chi connectivity index (χ4n) is 0.904. The molecule has 0 fully saturated rings. The quantitative estimate of drug-likeness (QED) is 0.891. The lowest BCUT2D eigenvalue weighted by atomic mass is 10.2. The summed E-state index contributed by atoms with van der Waals surface area (Å²) in [5.74, 6) is 0. The topological polar surface area (TPSA) is 29.5 Å². The van der Waals surface area contributed by atoms with Crippen molar-refractivity contribution < 1.29 is 9.84 Å². The first kappa shape index (κ1) is 10.2. The highest BCUT2D eigenvalue weighted by Gasteiger charge is 2.11. The molecule has 0 saturated heterocycles. The lowest BCUT2D eigenvalue weighted by Gasteiger charge is -2.07. The number of aliphatic hydroxyl groups excluding tert-OH is 1. The molecular formula is C8H11BrO2S. The van der Waals surface area contributed by atoms with E-state index in [1.807, 2.05) is 11.4 Å². The Balaban J connectivity index is 2.52. The summed E-state index contributed by atoms with van der Waals surface area (Å²) >= 11 is 4.92. The fourth-order valence-corrected chi connectivity index (χ4v) is 2.56. The highest BCUT2D eigenvalue weighted by atomic mass is 79.9. The van der Waals surface area contributed by atoms with Crippen LogP contribution in [0.15, 0.2) is 15.9 Å². The number of hydrogen-bond acceptors (Lipinski definition) is 3. The van der Waals surface area contributed by atoms with Crippen molar-refractivity contribution in [2.24, 2.45) is 0 Å². The second-order valence-corrected chi connectivity index (χ2v) is 4.23. The molecule has 0 spiro atoms. The standard InChI is InChI=1S/C8H11BrO2S/c1-11-4-2-7(10)8-6(9)3-5-12-8/h3,5,7,10H,2,4H2,1H3. The van der Waals surface area contributed by atoms with Crippen molar-refractivity contribution in [2.75, 3.05) is 13.7 Å². The van der Waals surface area contributed by atoms with Crippen molar-refractivity contribution in [2.45, 2.75) is 12.5 Å². The Labute approximate surface area is 84.3 Å². The predicted octanol–water partition coefficient (Wildman–Crippen LogP) is 2.58. The maximum Gasteiger partial charge on any atom is 0.0915 e. The van der Waals surface area contributed by atoms with Crippen LogP contribution in [-0.4, -0.2) is 18.8 Å². The first-order chi connectivity index (χ1) is 5.75. The molecule has 0 bridgehead atoms. The maximum atomic E-state index is 9.62. The van der Waals surface area contributed by atoms with E-state index in [1.54, 1.807) is 18.4 Å². The molecular weight excluding hydrogens is 240 g/mol. The highest BCUT2D eigenvalue weighted by Crippen LogP contribution is 2.30. The summed E-state index contributed by atoms with van der Waals surface area (Å²) < 4.78 is 5.86. The fraction of sp³-hybridized carbons (Fsp3) is 0.500. The van der Waals surface area contributed by atoms with E-state index in [-0.39, 0.29) is 0 Å². The van der Waals surface area contributed by atoms with Gasteiger partial charge in [0.25, 0.3) is 0 Å². The van der Waals surface area contributed by atoms with Crippen LogP contribution in [0.25, 0.3) is 0 Å². The Morgan fingerprint density at radius 3 is 3.00 bits per heavy atom. The van der Waals surface area contributed by atoms with Crippen LogP contribution in [0.4, 0.5) is 0 Å². The third-order valence-corrected chi connectivity index (χ3v) is 3.51. The maximum absolute atomic E-state index is 9.62. The Morgan fingerprint density at radius 2 is 2.50 bits per heavy atom. The van der Waals surface area contributed by atoms with E-state index in [1.165, 1.54) is 0 Å². The third kappa shape index (κ3) is 2.55. The first-order valence-electron chi connectivity index (χ1n) is 3.65. The van der Waals surface area contributed by atoms with Crippen molar-refractivity contribution >= 4 is 27.3 Å². The number of hydrogen-bond donors (Lipinski definition) is 1. The van der Waals surface area contributed by atoms with E-state index in [2.05, 4.69) is 15.9 Å². The van der Waals surface area contributed by atoms with Crippen molar-refractivity contribution in [3.63, 3.8) is 0 Å². The summed E-state index contributed by atoms with van der Waals surface area (Å²) in [6.45, 7) is 0.589. The van der Waals surface area contributed by atoms with Gasteiger partial charge in [0.05, 0.1) is 6.10 Å². The summed E-state index contributed by atoms with van der Waals surface area (Å²) in [6, 6.07) is 1.94. The van der Waals surface area contributed by atoms with E-state index in [4.69, 9.17) is 4.74 Å². The van der Waals surface area contributed by atoms with Gasteiger partial charge in [-0.15, -0.1) is 11.3 Å². The molecule has 4 heteroatoms. The zero-order valence-corrected chi connectivity index (χ0v) is 9.19. The van der Waals surface area contributed by atoms with Crippen molar-refractivity contribution in [1.82, 2.24) is 0 Å². The predicted molar refractivity (Wildman–Crippen MR) is 53.5 cm³/mol. The molecule has 0 amide bonds. The van der Waals surface area contributed by atoms with Crippen molar-refractivity contribution in [1.29, 1.82) is 0 Å². The van der Waals surface area contributed by atoms with Gasteiger partial charge in [0, 0.05) is 29.5 Å². The van der Waals surface area contributed by atoms with Crippen LogP contribution in [0.5, 0.6) is 0 Å². The molecule has 0 aromatic carbocycles. The Kier molecular flexibility index (Phi) is 4.21. The Hall–Kier alpha value is 0.100. The molecule has 1 rings (SSSR count). The molecule has 1 heterocycles. The first-order valence-corrected chi connectivity index (χ1v) is 5.33. The zero-order chi connectivity index (χ0) is 8.97. The van der Waals surface area contributed by atoms with Gasteiger partial charge in [0.15, 0.2) is 0 Å². The molecule has 68 valence electrons. The molecule has 1 aromatic rings. The summed E-state index contributed by atoms with van der Waals surface area (Å²) in [5.41, 5.74) is 0. The van der Waals surface area contributed by atoms with E-state index < -0.39 is 6.10 Å². The van der Waals surface area contributed by atoms with Crippen LogP contribution in [0, 0.1) is 0 Å². The van der Waals surface area contributed by atoms with Crippen LogP contribution < -0.4 is 0 Å². The lowest BCUT2D eigenvalue weighted by Crippen LogP contribution is -2.00. The average molecular weight is 251 g/mol. The number of halogens is 1. The molecule has 0 aliphatic rings. The number of rotatable bonds is 4. The summed E-state index contributed by atoms with van der Waals surface area (Å²) in [6.07, 6.45) is 0.245. The van der Waals surface area contributed by atoms with Gasteiger partial charge >= 0.3 is 0 Å². The molecule has 1 N–H and O–H groups in total. The van der Waals surface area contributed by atoms with Crippen LogP contribution in [-0.2, 0) is 4.74 Å². The molecule has 1 atom stereocenters. The minimum Gasteiger partial charge on any atom is -0.387 e. The zero-order valence-electron chi connectivity index (χ0n) is 6.79. The number of methoxy groups -OCH3 is 1. The molecule has 2 nitrogen and oxygen atoms in total. The lowest BCUT2D eigenvalue weighted by molar-refractivity contribution is 0.112. The molecule has 12 heavy (non-hydrogen) atoms. The van der Waals surface area contributed by atoms with Gasteiger partial charge in [-0.25, -0.2) is 0 Å². The van der Waals surface area contributed by atoms with Crippen LogP contribution in [0.3, 0.4) is 0 Å². The molecule has 1 unspecified atom stereocenters. The van der Waals surface area contributed by atoms with Gasteiger partial charge < -0.3 is 9.84 Å². The molecule has 0 saturated carbocycles. The van der Waals surface area contributed by atoms with Gasteiger partial charge in [-0.1, -0.05) is 0 Å². The van der Waals surface area contributed by atoms with E-state index in [9.17, 15) is 5.11 Å². The SMILES string of the molecule is COCCC(O)c1sccc1Br. The van der Waals surface area contributed by atoms with Crippen molar-refractivity contribution in [3.8, 4) is 0 Å². The number of aliphatic hydroxyl groups is 1. The Bertz CT molecular complexity index is 237. The Morgan fingerprint density at radius 1 is 1.75 bits per heavy atom.